The van der Waals surface area contributed by atoms with Crippen molar-refractivity contribution in [2.45, 2.75) is 37.7 Å². The summed E-state index contributed by atoms with van der Waals surface area (Å²) in [4.78, 5) is 0. The van der Waals surface area contributed by atoms with E-state index in [1.165, 1.54) is 6.42 Å². The minimum absolute atomic E-state index is 0.142. The highest BCUT2D eigenvalue weighted by Gasteiger charge is 2.24. The van der Waals surface area contributed by atoms with E-state index >= 15 is 0 Å². The topological polar surface area (TPSA) is 39.7 Å². The predicted octanol–water partition coefficient (Wildman–Crippen LogP) is 0.762. The Balaban J connectivity index is 2.13. The van der Waals surface area contributed by atoms with Gasteiger partial charge in [-0.25, -0.2) is 0 Å². The molecular weight excluding hydrogens is 182 g/mol. The first-order valence-electron chi connectivity index (χ1n) is 5.12. The Labute approximate surface area is 85.9 Å². The molecule has 0 aromatic heterocycles. The van der Waals surface area contributed by atoms with Gasteiger partial charge >= 0.3 is 0 Å². The molecule has 0 aromatic carbocycles. The number of nitrogens with one attached hydrogen (secondary N) is 1. The van der Waals surface area contributed by atoms with Crippen LogP contribution in [0.15, 0.2) is 0 Å². The highest BCUT2D eigenvalue weighted by atomic mass is 16.7. The minimum atomic E-state index is -0.142. The largest absolute Gasteiger partial charge is 0.381 e. The molecule has 0 saturated heterocycles. The van der Waals surface area contributed by atoms with E-state index in [4.69, 9.17) is 14.2 Å². The van der Waals surface area contributed by atoms with Crippen molar-refractivity contribution in [2.24, 2.45) is 0 Å². The van der Waals surface area contributed by atoms with Gasteiger partial charge in [-0.1, -0.05) is 0 Å². The van der Waals surface area contributed by atoms with Gasteiger partial charge in [-0.2, -0.15) is 0 Å². The molecule has 84 valence electrons. The van der Waals surface area contributed by atoms with Crippen molar-refractivity contribution < 1.29 is 14.2 Å². The quantitative estimate of drug-likeness (QED) is 0.647. The fourth-order valence-electron chi connectivity index (χ4n) is 1.87. The SMILES string of the molecule is COC1CCC(NCC(OC)OC)C1. The first-order valence-corrected chi connectivity index (χ1v) is 5.12. The van der Waals surface area contributed by atoms with Crippen LogP contribution >= 0.6 is 0 Å². The second-order valence-electron chi connectivity index (χ2n) is 3.68. The van der Waals surface area contributed by atoms with Crippen LogP contribution in [0, 0.1) is 0 Å². The zero-order chi connectivity index (χ0) is 10.4. The normalized spacial score (nSPS) is 27.4. The molecule has 2 unspecified atom stereocenters. The van der Waals surface area contributed by atoms with Crippen molar-refractivity contribution >= 4 is 0 Å². The van der Waals surface area contributed by atoms with Gasteiger partial charge in [0.1, 0.15) is 0 Å². The Kier molecular flexibility index (Phi) is 5.40. The molecule has 0 radical (unpaired) electrons. The second-order valence-corrected chi connectivity index (χ2v) is 3.68. The van der Waals surface area contributed by atoms with E-state index < -0.39 is 0 Å². The maximum atomic E-state index is 5.30. The Morgan fingerprint density at radius 3 is 2.43 bits per heavy atom. The molecule has 0 aliphatic heterocycles. The molecule has 0 aromatic rings. The summed E-state index contributed by atoms with van der Waals surface area (Å²) >= 11 is 0. The number of rotatable bonds is 6. The van der Waals surface area contributed by atoms with Crippen LogP contribution in [0.3, 0.4) is 0 Å². The fourth-order valence-corrected chi connectivity index (χ4v) is 1.87. The van der Waals surface area contributed by atoms with Crippen LogP contribution in [-0.4, -0.2) is 46.3 Å². The van der Waals surface area contributed by atoms with Crippen LogP contribution in [-0.2, 0) is 14.2 Å². The van der Waals surface area contributed by atoms with E-state index in [1.54, 1.807) is 21.3 Å². The zero-order valence-corrected chi connectivity index (χ0v) is 9.29. The number of hydrogen-bond acceptors (Lipinski definition) is 4. The molecule has 1 rings (SSSR count). The fraction of sp³-hybridized carbons (Fsp3) is 1.00. The maximum Gasteiger partial charge on any atom is 0.169 e. The highest BCUT2D eigenvalue weighted by Crippen LogP contribution is 2.21. The molecule has 0 amide bonds. The molecule has 14 heavy (non-hydrogen) atoms. The molecule has 1 aliphatic carbocycles. The van der Waals surface area contributed by atoms with Crippen molar-refractivity contribution in [1.29, 1.82) is 0 Å². The average molecular weight is 203 g/mol. The van der Waals surface area contributed by atoms with Gasteiger partial charge in [0, 0.05) is 33.9 Å². The molecule has 0 heterocycles. The molecule has 1 fully saturated rings. The Morgan fingerprint density at radius 1 is 1.21 bits per heavy atom. The smallest absolute Gasteiger partial charge is 0.169 e. The lowest BCUT2D eigenvalue weighted by atomic mass is 10.2. The Hall–Kier alpha value is -0.160. The van der Waals surface area contributed by atoms with Crippen molar-refractivity contribution in [2.75, 3.05) is 27.9 Å². The molecule has 0 spiro atoms. The van der Waals surface area contributed by atoms with Crippen LogP contribution in [0.4, 0.5) is 0 Å². The van der Waals surface area contributed by atoms with E-state index in [-0.39, 0.29) is 6.29 Å². The van der Waals surface area contributed by atoms with Crippen molar-refractivity contribution in [3.63, 3.8) is 0 Å². The lowest BCUT2D eigenvalue weighted by Crippen LogP contribution is -2.36. The summed E-state index contributed by atoms with van der Waals surface area (Å²) in [6.45, 7) is 0.744. The van der Waals surface area contributed by atoms with Gasteiger partial charge in [-0.15, -0.1) is 0 Å². The summed E-state index contributed by atoms with van der Waals surface area (Å²) in [5.41, 5.74) is 0. The van der Waals surface area contributed by atoms with Crippen LogP contribution in [0.25, 0.3) is 0 Å². The number of hydrogen-bond donors (Lipinski definition) is 1. The van der Waals surface area contributed by atoms with Crippen LogP contribution in [0.2, 0.25) is 0 Å². The van der Waals surface area contributed by atoms with Crippen molar-refractivity contribution in [1.82, 2.24) is 5.32 Å². The third kappa shape index (κ3) is 3.53. The number of methoxy groups -OCH3 is 3. The third-order valence-corrected chi connectivity index (χ3v) is 2.82. The maximum absolute atomic E-state index is 5.30. The Bertz CT molecular complexity index is 150. The van der Waals surface area contributed by atoms with E-state index in [0.717, 1.165) is 19.4 Å². The first kappa shape index (κ1) is 11.9. The molecule has 4 nitrogen and oxygen atoms in total. The van der Waals surface area contributed by atoms with E-state index in [2.05, 4.69) is 5.32 Å². The number of ether oxygens (including phenoxy) is 3. The summed E-state index contributed by atoms with van der Waals surface area (Å²) in [6, 6.07) is 0.549. The summed E-state index contributed by atoms with van der Waals surface area (Å²) < 4.78 is 15.5. The van der Waals surface area contributed by atoms with Crippen LogP contribution in [0.1, 0.15) is 19.3 Å². The average Bonchev–Trinajstić information content (AvgIpc) is 2.67. The molecule has 1 saturated carbocycles. The molecule has 0 bridgehead atoms. The summed E-state index contributed by atoms with van der Waals surface area (Å²) in [6.07, 6.45) is 3.71. The Morgan fingerprint density at radius 2 is 1.93 bits per heavy atom. The van der Waals surface area contributed by atoms with Crippen LogP contribution < -0.4 is 5.32 Å². The monoisotopic (exact) mass is 203 g/mol. The predicted molar refractivity (Wildman–Crippen MR) is 54.2 cm³/mol. The van der Waals surface area contributed by atoms with E-state index in [1.807, 2.05) is 0 Å². The third-order valence-electron chi connectivity index (χ3n) is 2.82. The molecular formula is C10H21NO3. The molecule has 1 aliphatic rings. The van der Waals surface area contributed by atoms with Gasteiger partial charge < -0.3 is 19.5 Å². The minimum Gasteiger partial charge on any atom is -0.381 e. The lowest BCUT2D eigenvalue weighted by Gasteiger charge is -2.18. The van der Waals surface area contributed by atoms with Gasteiger partial charge in [0.2, 0.25) is 0 Å². The van der Waals surface area contributed by atoms with Gasteiger partial charge in [0.05, 0.1) is 6.10 Å². The molecule has 4 heteroatoms. The molecule has 1 N–H and O–H groups in total. The highest BCUT2D eigenvalue weighted by molar-refractivity contribution is 4.81. The van der Waals surface area contributed by atoms with Crippen molar-refractivity contribution in [3.8, 4) is 0 Å². The van der Waals surface area contributed by atoms with Crippen molar-refractivity contribution in [3.05, 3.63) is 0 Å². The van der Waals surface area contributed by atoms with Gasteiger partial charge in [0.15, 0.2) is 6.29 Å². The second kappa shape index (κ2) is 6.35. The standard InChI is InChI=1S/C10H21NO3/c1-12-9-5-4-8(6-9)11-7-10(13-2)14-3/h8-11H,4-7H2,1-3H3. The van der Waals surface area contributed by atoms with Crippen LogP contribution in [0.5, 0.6) is 0 Å². The summed E-state index contributed by atoms with van der Waals surface area (Å²) in [7, 11) is 5.09. The lowest BCUT2D eigenvalue weighted by molar-refractivity contribution is -0.0999. The van der Waals surface area contributed by atoms with Gasteiger partial charge in [-0.3, -0.25) is 0 Å². The summed E-state index contributed by atoms with van der Waals surface area (Å²) in [5, 5.41) is 3.42. The zero-order valence-electron chi connectivity index (χ0n) is 9.29. The van der Waals surface area contributed by atoms with E-state index in [0.29, 0.717) is 12.1 Å². The van der Waals surface area contributed by atoms with Gasteiger partial charge in [0.25, 0.3) is 0 Å². The van der Waals surface area contributed by atoms with E-state index in [9.17, 15) is 0 Å². The molecule has 2 atom stereocenters. The first-order chi connectivity index (χ1) is 6.80. The summed E-state index contributed by atoms with van der Waals surface area (Å²) in [5.74, 6) is 0. The van der Waals surface area contributed by atoms with Gasteiger partial charge in [-0.05, 0) is 19.3 Å².